The number of hydrogen-bond acceptors (Lipinski definition) is 5. The Morgan fingerprint density at radius 1 is 1.41 bits per heavy atom. The molecule has 0 saturated carbocycles. The number of aryl methyl sites for hydroxylation is 2. The highest BCUT2D eigenvalue weighted by molar-refractivity contribution is 5.92. The second kappa shape index (κ2) is 7.89. The minimum Gasteiger partial charge on any atom is -0.351 e. The van der Waals surface area contributed by atoms with Crippen LogP contribution in [0.4, 0.5) is 0 Å². The van der Waals surface area contributed by atoms with Gasteiger partial charge in [0.2, 0.25) is 5.91 Å². The van der Waals surface area contributed by atoms with Gasteiger partial charge in [0.15, 0.2) is 5.82 Å². The first-order valence-electron chi connectivity index (χ1n) is 9.40. The van der Waals surface area contributed by atoms with E-state index in [9.17, 15) is 9.59 Å². The average Bonchev–Trinajstić information content (AvgIpc) is 3.32. The van der Waals surface area contributed by atoms with Crippen LogP contribution in [0.25, 0.3) is 0 Å². The zero-order valence-electron chi connectivity index (χ0n) is 16.3. The maximum atomic E-state index is 13.0. The van der Waals surface area contributed by atoms with Gasteiger partial charge in [0.05, 0.1) is 6.04 Å². The lowest BCUT2D eigenvalue weighted by atomic mass is 10.1. The van der Waals surface area contributed by atoms with Gasteiger partial charge in [0.1, 0.15) is 11.5 Å². The number of nitrogens with one attached hydrogen (secondary N) is 2. The van der Waals surface area contributed by atoms with E-state index >= 15 is 0 Å². The third-order valence-electron chi connectivity index (χ3n) is 4.62. The number of nitrogens with zero attached hydrogens (tertiary/aromatic N) is 5. The summed E-state index contributed by atoms with van der Waals surface area (Å²) in [5, 5.41) is 14.4. The van der Waals surface area contributed by atoms with Crippen molar-refractivity contribution >= 4 is 11.8 Å². The fourth-order valence-electron chi connectivity index (χ4n) is 3.38. The van der Waals surface area contributed by atoms with Crippen molar-refractivity contribution in [2.45, 2.75) is 59.2 Å². The van der Waals surface area contributed by atoms with Crippen molar-refractivity contribution in [3.05, 3.63) is 29.6 Å². The Labute approximate surface area is 158 Å². The predicted molar refractivity (Wildman–Crippen MR) is 98.8 cm³/mol. The maximum Gasteiger partial charge on any atom is 0.275 e. The van der Waals surface area contributed by atoms with Gasteiger partial charge >= 0.3 is 0 Å². The molecule has 27 heavy (non-hydrogen) atoms. The third kappa shape index (κ3) is 4.35. The Kier molecular flexibility index (Phi) is 5.57. The van der Waals surface area contributed by atoms with Crippen LogP contribution in [-0.2, 0) is 11.3 Å². The third-order valence-corrected chi connectivity index (χ3v) is 4.62. The number of hydrogen-bond donors (Lipinski definition) is 2. The average molecular weight is 373 g/mol. The minimum absolute atomic E-state index is 0.00415. The number of amides is 2. The van der Waals surface area contributed by atoms with Gasteiger partial charge in [-0.1, -0.05) is 13.8 Å². The van der Waals surface area contributed by atoms with Crippen LogP contribution in [0.15, 0.2) is 12.3 Å². The second-order valence-corrected chi connectivity index (χ2v) is 7.41. The zero-order valence-corrected chi connectivity index (χ0v) is 16.3. The molecule has 1 aliphatic heterocycles. The zero-order chi connectivity index (χ0) is 19.6. The molecule has 1 saturated heterocycles. The SMILES string of the molecule is CCn1ccc(C(=O)N2C[C@@H](NC(=O)CC(C)C)C[C@H]2c2n[nH]c(C)n2)n1. The highest BCUT2D eigenvalue weighted by atomic mass is 16.2. The molecule has 0 bridgehead atoms. The van der Waals surface area contributed by atoms with Gasteiger partial charge < -0.3 is 10.2 Å². The van der Waals surface area contributed by atoms with Crippen molar-refractivity contribution in [1.82, 2.24) is 35.2 Å². The monoisotopic (exact) mass is 373 g/mol. The van der Waals surface area contributed by atoms with Crippen LogP contribution < -0.4 is 5.32 Å². The summed E-state index contributed by atoms with van der Waals surface area (Å²) in [6.45, 7) is 8.92. The summed E-state index contributed by atoms with van der Waals surface area (Å²) in [5.41, 5.74) is 0.392. The number of carbonyl (C=O) groups is 2. The van der Waals surface area contributed by atoms with Crippen molar-refractivity contribution in [3.8, 4) is 0 Å². The molecule has 2 aromatic heterocycles. The molecule has 1 aliphatic rings. The normalized spacial score (nSPS) is 19.7. The summed E-state index contributed by atoms with van der Waals surface area (Å²) >= 11 is 0. The van der Waals surface area contributed by atoms with Gasteiger partial charge in [-0.25, -0.2) is 4.98 Å². The molecule has 3 heterocycles. The van der Waals surface area contributed by atoms with E-state index in [1.54, 1.807) is 21.8 Å². The Bertz CT molecular complexity index is 810. The van der Waals surface area contributed by atoms with E-state index in [4.69, 9.17) is 0 Å². The Morgan fingerprint density at radius 3 is 2.78 bits per heavy atom. The van der Waals surface area contributed by atoms with Gasteiger partial charge in [-0.3, -0.25) is 19.4 Å². The van der Waals surface area contributed by atoms with Crippen molar-refractivity contribution in [3.63, 3.8) is 0 Å². The molecule has 9 heteroatoms. The topological polar surface area (TPSA) is 109 Å². The molecule has 1 fully saturated rings. The molecule has 0 spiro atoms. The van der Waals surface area contributed by atoms with Crippen molar-refractivity contribution < 1.29 is 9.59 Å². The number of aromatic amines is 1. The van der Waals surface area contributed by atoms with Gasteiger partial charge in [-0.15, -0.1) is 0 Å². The standard InChI is InChI=1S/C18H27N7O2/c1-5-24-7-6-14(23-24)18(27)25-10-13(20-16(26)8-11(2)3)9-15(25)17-19-12(4)21-22-17/h6-7,11,13,15H,5,8-10H2,1-4H3,(H,20,26)(H,19,21,22)/t13-,15-/m0/s1. The van der Waals surface area contributed by atoms with E-state index in [1.807, 2.05) is 27.7 Å². The Hall–Kier alpha value is -2.71. The van der Waals surface area contributed by atoms with E-state index in [2.05, 4.69) is 25.6 Å². The summed E-state index contributed by atoms with van der Waals surface area (Å²) in [6, 6.07) is 1.30. The minimum atomic E-state index is -0.293. The summed E-state index contributed by atoms with van der Waals surface area (Å²) in [7, 11) is 0. The fourth-order valence-corrected chi connectivity index (χ4v) is 3.38. The smallest absolute Gasteiger partial charge is 0.275 e. The number of likely N-dealkylation sites (tertiary alicyclic amines) is 1. The molecule has 146 valence electrons. The van der Waals surface area contributed by atoms with Crippen LogP contribution in [0.5, 0.6) is 0 Å². The second-order valence-electron chi connectivity index (χ2n) is 7.41. The van der Waals surface area contributed by atoms with Crippen LogP contribution in [0.2, 0.25) is 0 Å². The number of carbonyl (C=O) groups excluding carboxylic acids is 2. The van der Waals surface area contributed by atoms with E-state index in [0.29, 0.717) is 43.3 Å². The lowest BCUT2D eigenvalue weighted by molar-refractivity contribution is -0.122. The van der Waals surface area contributed by atoms with Crippen molar-refractivity contribution in [1.29, 1.82) is 0 Å². The van der Waals surface area contributed by atoms with E-state index in [1.165, 1.54) is 0 Å². The molecule has 9 nitrogen and oxygen atoms in total. The predicted octanol–water partition coefficient (Wildman–Crippen LogP) is 1.45. The molecule has 2 amide bonds. The Morgan fingerprint density at radius 2 is 2.19 bits per heavy atom. The quantitative estimate of drug-likeness (QED) is 0.796. The van der Waals surface area contributed by atoms with E-state index < -0.39 is 0 Å². The summed E-state index contributed by atoms with van der Waals surface area (Å²) in [4.78, 5) is 31.3. The van der Waals surface area contributed by atoms with Gasteiger partial charge in [-0.2, -0.15) is 10.2 Å². The largest absolute Gasteiger partial charge is 0.351 e. The highest BCUT2D eigenvalue weighted by Gasteiger charge is 2.40. The number of H-pyrrole nitrogens is 1. The van der Waals surface area contributed by atoms with E-state index in [0.717, 1.165) is 0 Å². The van der Waals surface area contributed by atoms with Gasteiger partial charge in [0.25, 0.3) is 5.91 Å². The van der Waals surface area contributed by atoms with Crippen LogP contribution in [-0.4, -0.2) is 54.3 Å². The Balaban J connectivity index is 1.79. The first kappa shape index (κ1) is 19.1. The molecule has 0 radical (unpaired) electrons. The maximum absolute atomic E-state index is 13.0. The fraction of sp³-hybridized carbons (Fsp3) is 0.611. The molecule has 0 aliphatic carbocycles. The highest BCUT2D eigenvalue weighted by Crippen LogP contribution is 2.31. The van der Waals surface area contributed by atoms with E-state index in [-0.39, 0.29) is 29.8 Å². The summed E-state index contributed by atoms with van der Waals surface area (Å²) in [5.74, 6) is 1.38. The summed E-state index contributed by atoms with van der Waals surface area (Å²) in [6.07, 6.45) is 2.84. The van der Waals surface area contributed by atoms with Gasteiger partial charge in [-0.05, 0) is 32.3 Å². The molecule has 2 atom stereocenters. The van der Waals surface area contributed by atoms with Crippen molar-refractivity contribution in [2.75, 3.05) is 6.54 Å². The molecule has 3 rings (SSSR count). The van der Waals surface area contributed by atoms with Crippen LogP contribution in [0.3, 0.4) is 0 Å². The summed E-state index contributed by atoms with van der Waals surface area (Å²) < 4.78 is 1.72. The molecular formula is C18H27N7O2. The number of rotatable bonds is 6. The van der Waals surface area contributed by atoms with Crippen molar-refractivity contribution in [2.24, 2.45) is 5.92 Å². The molecular weight excluding hydrogens is 346 g/mol. The molecule has 2 aromatic rings. The lowest BCUT2D eigenvalue weighted by Gasteiger charge is -2.21. The lowest BCUT2D eigenvalue weighted by Crippen LogP contribution is -2.39. The van der Waals surface area contributed by atoms with Gasteiger partial charge in [0, 0.05) is 31.7 Å². The first-order valence-corrected chi connectivity index (χ1v) is 9.40. The van der Waals surface area contributed by atoms with Crippen LogP contribution >= 0.6 is 0 Å². The van der Waals surface area contributed by atoms with Crippen LogP contribution in [0.1, 0.15) is 61.8 Å². The molecule has 2 N–H and O–H groups in total. The number of aromatic nitrogens is 5. The first-order chi connectivity index (χ1) is 12.9. The molecule has 0 unspecified atom stereocenters. The molecule has 0 aromatic carbocycles. The van der Waals surface area contributed by atoms with Crippen LogP contribution in [0, 0.1) is 12.8 Å².